The minimum atomic E-state index is -1.06. The summed E-state index contributed by atoms with van der Waals surface area (Å²) < 4.78 is 27.8. The molecule has 2 aliphatic rings. The summed E-state index contributed by atoms with van der Waals surface area (Å²) in [6, 6.07) is 38.3. The lowest BCUT2D eigenvalue weighted by Crippen LogP contribution is -2.58. The maximum Gasteiger partial charge on any atom is 0.217 e. The molecule has 2 fully saturated rings. The SMILES string of the molecule is CC(=O)NC(Cc1cc(F)cc(F)c1)C(O)CNC1(c2cccc(C(C)(C)C)c2)CCCN(CC(=O)c2ccccc2)C1.CC(C)(C)c1cccc(C2(N)CCCN(CC(=O)c3ccccc3)C2)c1. The number of likely N-dealkylation sites (tertiary alicyclic amines) is 2. The number of rotatable bonds is 15. The van der Waals surface area contributed by atoms with Gasteiger partial charge in [-0.3, -0.25) is 24.2 Å². The van der Waals surface area contributed by atoms with E-state index in [1.165, 1.54) is 35.7 Å². The number of halogens is 2. The molecule has 2 heterocycles. The van der Waals surface area contributed by atoms with Crippen LogP contribution >= 0.6 is 0 Å². The Labute approximate surface area is 408 Å². The molecule has 2 saturated heterocycles. The summed E-state index contributed by atoms with van der Waals surface area (Å²) >= 11 is 0. The van der Waals surface area contributed by atoms with Crippen molar-refractivity contribution in [3.8, 4) is 0 Å². The van der Waals surface area contributed by atoms with Crippen molar-refractivity contribution < 1.29 is 28.3 Å². The lowest BCUT2D eigenvalue weighted by Gasteiger charge is -2.45. The molecule has 9 nitrogen and oxygen atoms in total. The standard InChI is InChI=1S/C35H43F2N3O3.C23H30N2O/c1-24(41)39-31(18-25-16-29(36)20-30(37)17-25)32(42)21-38-35(28-13-8-12-27(19-28)34(2,3)4)14-9-15-40(23-35)22-33(43)26-10-6-5-7-11-26;1-22(2,3)19-11-7-12-20(15-19)23(24)13-8-14-25(17-23)16-21(26)18-9-5-4-6-10-18/h5-8,10-13,16-17,19-20,31-32,38,42H,9,14-15,18,21-23H2,1-4H3,(H,39,41);4-7,9-12,15H,8,13-14,16-17,24H2,1-3H3. The predicted octanol–water partition coefficient (Wildman–Crippen LogP) is 9.25. The zero-order valence-electron chi connectivity index (χ0n) is 41.7. The molecule has 5 aromatic rings. The van der Waals surface area contributed by atoms with E-state index in [0.717, 1.165) is 62.5 Å². The first-order valence-corrected chi connectivity index (χ1v) is 24.4. The van der Waals surface area contributed by atoms with Gasteiger partial charge in [-0.25, -0.2) is 8.78 Å². The number of hydrogen-bond donors (Lipinski definition) is 4. The Kier molecular flexibility index (Phi) is 17.6. The number of piperidine rings is 2. The molecule has 4 unspecified atom stereocenters. The van der Waals surface area contributed by atoms with Gasteiger partial charge < -0.3 is 21.5 Å². The third-order valence-electron chi connectivity index (χ3n) is 13.6. The summed E-state index contributed by atoms with van der Waals surface area (Å²) in [5.41, 5.74) is 12.4. The number of amides is 1. The Morgan fingerprint density at radius 2 is 1.16 bits per heavy atom. The van der Waals surface area contributed by atoms with Gasteiger partial charge in [-0.15, -0.1) is 0 Å². The van der Waals surface area contributed by atoms with E-state index in [1.54, 1.807) is 0 Å². The molecule has 0 saturated carbocycles. The van der Waals surface area contributed by atoms with Crippen LogP contribution in [0, 0.1) is 11.6 Å². The molecular weight excluding hydrogens is 869 g/mol. The highest BCUT2D eigenvalue weighted by molar-refractivity contribution is 5.98. The Morgan fingerprint density at radius 1 is 0.667 bits per heavy atom. The Hall–Kier alpha value is -5.43. The number of nitrogens with zero attached hydrogens (tertiary/aromatic N) is 2. The number of carbonyl (C=O) groups is 3. The smallest absolute Gasteiger partial charge is 0.217 e. The quantitative estimate of drug-likeness (QED) is 0.0766. The van der Waals surface area contributed by atoms with Gasteiger partial charge in [-0.1, -0.05) is 151 Å². The Bertz CT molecular complexity index is 2490. The molecule has 7 rings (SSSR count). The zero-order valence-corrected chi connectivity index (χ0v) is 41.7. The molecule has 1 amide bonds. The minimum Gasteiger partial charge on any atom is -0.390 e. The van der Waals surface area contributed by atoms with E-state index in [0.29, 0.717) is 24.2 Å². The molecule has 5 N–H and O–H groups in total. The number of aliphatic hydroxyl groups is 1. The highest BCUT2D eigenvalue weighted by Crippen LogP contribution is 2.36. The van der Waals surface area contributed by atoms with Gasteiger partial charge in [0.15, 0.2) is 11.6 Å². The lowest BCUT2D eigenvalue weighted by atomic mass is 9.78. The van der Waals surface area contributed by atoms with Crippen LogP contribution < -0.4 is 16.4 Å². The molecule has 0 radical (unpaired) electrons. The molecule has 2 aliphatic heterocycles. The van der Waals surface area contributed by atoms with Crippen LogP contribution in [0.1, 0.15) is 123 Å². The van der Waals surface area contributed by atoms with Crippen molar-refractivity contribution in [2.45, 2.75) is 115 Å². The first-order valence-electron chi connectivity index (χ1n) is 24.4. The van der Waals surface area contributed by atoms with Crippen LogP contribution in [0.5, 0.6) is 0 Å². The summed E-state index contributed by atoms with van der Waals surface area (Å²) in [7, 11) is 0. The van der Waals surface area contributed by atoms with Gasteiger partial charge >= 0.3 is 0 Å². The van der Waals surface area contributed by atoms with Crippen molar-refractivity contribution >= 4 is 17.5 Å². The normalized spacial score (nSPS) is 20.0. The van der Waals surface area contributed by atoms with Crippen molar-refractivity contribution in [3.05, 3.63) is 178 Å². The molecule has 0 spiro atoms. The van der Waals surface area contributed by atoms with Crippen LogP contribution in [0.15, 0.2) is 127 Å². The number of nitrogens with one attached hydrogen (secondary N) is 2. The summed E-state index contributed by atoms with van der Waals surface area (Å²) in [6.45, 7) is 18.3. The molecule has 4 atom stereocenters. The number of carbonyl (C=O) groups excluding carboxylic acids is 3. The van der Waals surface area contributed by atoms with E-state index in [4.69, 9.17) is 5.73 Å². The summed E-state index contributed by atoms with van der Waals surface area (Å²) in [4.78, 5) is 42.1. The number of benzene rings is 5. The number of Topliss-reactive ketones (excluding diaryl/α,β-unsaturated/α-hetero) is 2. The largest absolute Gasteiger partial charge is 0.390 e. The van der Waals surface area contributed by atoms with Gasteiger partial charge in [0.1, 0.15) is 11.6 Å². The molecule has 11 heteroatoms. The first-order chi connectivity index (χ1) is 32.6. The van der Waals surface area contributed by atoms with Crippen LogP contribution in [0.25, 0.3) is 0 Å². The van der Waals surface area contributed by atoms with Crippen LogP contribution in [0.2, 0.25) is 0 Å². The van der Waals surface area contributed by atoms with Gasteiger partial charge in [0.2, 0.25) is 5.91 Å². The van der Waals surface area contributed by atoms with Gasteiger partial charge in [0, 0.05) is 43.8 Å². The average Bonchev–Trinajstić information content (AvgIpc) is 3.30. The van der Waals surface area contributed by atoms with Crippen LogP contribution in [0.4, 0.5) is 8.78 Å². The zero-order chi connectivity index (χ0) is 50.0. The fourth-order valence-corrected chi connectivity index (χ4v) is 9.69. The van der Waals surface area contributed by atoms with E-state index in [2.05, 4.69) is 104 Å². The van der Waals surface area contributed by atoms with E-state index < -0.39 is 34.9 Å². The Balaban J connectivity index is 0.000000256. The summed E-state index contributed by atoms with van der Waals surface area (Å²) in [5.74, 6) is -1.56. The van der Waals surface area contributed by atoms with Gasteiger partial charge in [0.25, 0.3) is 0 Å². The van der Waals surface area contributed by atoms with E-state index in [9.17, 15) is 28.3 Å². The van der Waals surface area contributed by atoms with Crippen molar-refractivity contribution in [3.63, 3.8) is 0 Å². The van der Waals surface area contributed by atoms with Gasteiger partial charge in [-0.2, -0.15) is 0 Å². The maximum absolute atomic E-state index is 13.9. The maximum atomic E-state index is 13.9. The highest BCUT2D eigenvalue weighted by atomic mass is 19.1. The van der Waals surface area contributed by atoms with E-state index in [1.807, 2.05) is 66.7 Å². The third-order valence-corrected chi connectivity index (χ3v) is 13.6. The van der Waals surface area contributed by atoms with E-state index >= 15 is 0 Å². The average molecular weight is 942 g/mol. The summed E-state index contributed by atoms with van der Waals surface area (Å²) in [5, 5.41) is 17.8. The van der Waals surface area contributed by atoms with Crippen molar-refractivity contribution in [2.24, 2.45) is 5.73 Å². The van der Waals surface area contributed by atoms with Gasteiger partial charge in [-0.05, 0) is 96.0 Å². The van der Waals surface area contributed by atoms with E-state index in [-0.39, 0.29) is 47.8 Å². The monoisotopic (exact) mass is 942 g/mol. The topological polar surface area (TPSA) is 128 Å². The second-order valence-electron chi connectivity index (χ2n) is 21.3. The number of nitrogens with two attached hydrogens (primary N) is 1. The fraction of sp³-hybridized carbons (Fsp3) is 0.431. The van der Waals surface area contributed by atoms with Crippen molar-refractivity contribution in [1.82, 2.24) is 20.4 Å². The number of hydrogen-bond acceptors (Lipinski definition) is 8. The second-order valence-corrected chi connectivity index (χ2v) is 21.3. The molecule has 0 aromatic heterocycles. The molecule has 69 heavy (non-hydrogen) atoms. The van der Waals surface area contributed by atoms with Gasteiger partial charge in [0.05, 0.1) is 36.3 Å². The Morgan fingerprint density at radius 3 is 1.68 bits per heavy atom. The van der Waals surface area contributed by atoms with Crippen molar-refractivity contribution in [2.75, 3.05) is 45.8 Å². The van der Waals surface area contributed by atoms with Crippen LogP contribution in [-0.4, -0.2) is 90.3 Å². The number of ketones is 2. The number of aliphatic hydroxyl groups excluding tert-OH is 1. The fourth-order valence-electron chi connectivity index (χ4n) is 9.69. The molecule has 5 aromatic carbocycles. The molecule has 0 aliphatic carbocycles. The minimum absolute atomic E-state index is 0.0490. The van der Waals surface area contributed by atoms with Crippen LogP contribution in [0.3, 0.4) is 0 Å². The summed E-state index contributed by atoms with van der Waals surface area (Å²) in [6.07, 6.45) is 2.58. The highest BCUT2D eigenvalue weighted by Gasteiger charge is 2.39. The predicted molar refractivity (Wildman–Crippen MR) is 272 cm³/mol. The molecule has 368 valence electrons. The molecule has 0 bridgehead atoms. The molecular formula is C58H73F2N5O4. The lowest BCUT2D eigenvalue weighted by molar-refractivity contribution is -0.120. The van der Waals surface area contributed by atoms with Crippen LogP contribution in [-0.2, 0) is 33.1 Å². The first kappa shape index (κ1) is 52.9. The second kappa shape index (κ2) is 23.0. The van der Waals surface area contributed by atoms with Crippen molar-refractivity contribution in [1.29, 1.82) is 0 Å². The third kappa shape index (κ3) is 14.8.